The molecule has 9 unspecified atom stereocenters. The number of carbonyl (C=O) groups excluding carboxylic acids is 1. The average Bonchev–Trinajstić information content (AvgIpc) is 3.29. The molecule has 6 aliphatic rings. The van der Waals surface area contributed by atoms with Crippen molar-refractivity contribution in [2.45, 2.75) is 123 Å². The first-order chi connectivity index (χ1) is 15.4. The van der Waals surface area contributed by atoms with Crippen LogP contribution in [0.1, 0.15) is 105 Å². The lowest BCUT2D eigenvalue weighted by atomic mass is 9.52. The van der Waals surface area contributed by atoms with E-state index < -0.39 is 0 Å². The molecule has 0 radical (unpaired) electrons. The fraction of sp³-hybridized carbons (Fsp3) is 0.897. The van der Waals surface area contributed by atoms with Gasteiger partial charge < -0.3 is 10.1 Å². The van der Waals surface area contributed by atoms with Crippen molar-refractivity contribution in [3.63, 3.8) is 0 Å². The van der Waals surface area contributed by atoms with Crippen LogP contribution >= 0.6 is 0 Å². The Hall–Kier alpha value is -0.670. The smallest absolute Gasteiger partial charge is 0.133 e. The molecule has 2 aliphatic heterocycles. The van der Waals surface area contributed by atoms with Crippen molar-refractivity contribution in [3.8, 4) is 0 Å². The first kappa shape index (κ1) is 23.1. The first-order valence-corrected chi connectivity index (χ1v) is 14.0. The zero-order valence-corrected chi connectivity index (χ0v) is 21.3. The third-order valence-electron chi connectivity index (χ3n) is 10.8. The van der Waals surface area contributed by atoms with E-state index >= 15 is 0 Å². The number of ketones is 1. The minimum absolute atomic E-state index is 0.0989. The van der Waals surface area contributed by atoms with Crippen LogP contribution < -0.4 is 5.32 Å². The summed E-state index contributed by atoms with van der Waals surface area (Å²) in [7, 11) is 0. The lowest BCUT2D eigenvalue weighted by molar-refractivity contribution is -0.129. The van der Waals surface area contributed by atoms with Gasteiger partial charge in [0.2, 0.25) is 0 Å². The van der Waals surface area contributed by atoms with Crippen LogP contribution in [0.3, 0.4) is 0 Å². The standard InChI is InChI=1S/C27H41NO2.C2H6/c1-16-10-25-24(28-15-16)14-27(30-25)9-7-20-21-5-4-18-11-19(29)6-8-26(18,3)23(21)12-22(20)17(2)13-27;1-2/h16,18,20-21,23-25,28H,4-15H2,1-3H3;1-2H3. The maximum Gasteiger partial charge on any atom is 0.133 e. The minimum atomic E-state index is 0.0989. The van der Waals surface area contributed by atoms with Gasteiger partial charge in [0.15, 0.2) is 0 Å². The topological polar surface area (TPSA) is 38.3 Å². The lowest BCUT2D eigenvalue weighted by Gasteiger charge is -2.52. The van der Waals surface area contributed by atoms with Crippen molar-refractivity contribution in [1.82, 2.24) is 5.32 Å². The molecule has 2 saturated heterocycles. The quantitative estimate of drug-likeness (QED) is 0.438. The van der Waals surface area contributed by atoms with Crippen molar-refractivity contribution in [2.75, 3.05) is 6.54 Å². The Balaban J connectivity index is 0.00000105. The van der Waals surface area contributed by atoms with E-state index in [1.807, 2.05) is 19.4 Å². The summed E-state index contributed by atoms with van der Waals surface area (Å²) in [5.74, 6) is 4.41. The number of rotatable bonds is 0. The molecule has 4 aliphatic carbocycles. The maximum absolute atomic E-state index is 12.1. The van der Waals surface area contributed by atoms with Gasteiger partial charge in [-0.2, -0.15) is 0 Å². The summed E-state index contributed by atoms with van der Waals surface area (Å²) in [5, 5.41) is 3.80. The van der Waals surface area contributed by atoms with E-state index in [1.54, 1.807) is 5.57 Å². The molecule has 3 nitrogen and oxygen atoms in total. The summed E-state index contributed by atoms with van der Waals surface area (Å²) in [6.45, 7) is 12.5. The third kappa shape index (κ3) is 3.65. The number of allylic oxidation sites excluding steroid dienone is 1. The van der Waals surface area contributed by atoms with E-state index in [2.05, 4.69) is 26.1 Å². The molecule has 0 amide bonds. The van der Waals surface area contributed by atoms with Gasteiger partial charge in [0, 0.05) is 18.9 Å². The fourth-order valence-electron chi connectivity index (χ4n) is 9.23. The minimum Gasteiger partial charge on any atom is -0.370 e. The Labute approximate surface area is 196 Å². The highest BCUT2D eigenvalue weighted by Gasteiger charge is 2.57. The summed E-state index contributed by atoms with van der Waals surface area (Å²) in [6, 6.07) is 0.582. The van der Waals surface area contributed by atoms with E-state index in [4.69, 9.17) is 4.74 Å². The van der Waals surface area contributed by atoms with Crippen LogP contribution in [-0.2, 0) is 9.53 Å². The zero-order chi connectivity index (χ0) is 22.7. The van der Waals surface area contributed by atoms with Crippen LogP contribution in [0, 0.1) is 35.0 Å². The van der Waals surface area contributed by atoms with Crippen LogP contribution in [0.4, 0.5) is 0 Å². The summed E-state index contributed by atoms with van der Waals surface area (Å²) < 4.78 is 6.90. The van der Waals surface area contributed by atoms with Crippen molar-refractivity contribution in [1.29, 1.82) is 0 Å². The van der Waals surface area contributed by atoms with Crippen LogP contribution in [-0.4, -0.2) is 30.1 Å². The molecule has 5 fully saturated rings. The Bertz CT molecular complexity index is 773. The first-order valence-electron chi connectivity index (χ1n) is 14.0. The number of ether oxygens (including phenoxy) is 1. The number of piperidine rings is 1. The second-order valence-corrected chi connectivity index (χ2v) is 12.5. The van der Waals surface area contributed by atoms with Gasteiger partial charge >= 0.3 is 0 Å². The summed E-state index contributed by atoms with van der Waals surface area (Å²) in [6.07, 6.45) is 13.5. The second-order valence-electron chi connectivity index (χ2n) is 12.5. The van der Waals surface area contributed by atoms with E-state index in [9.17, 15) is 4.79 Å². The van der Waals surface area contributed by atoms with E-state index in [0.29, 0.717) is 29.3 Å². The lowest BCUT2D eigenvalue weighted by Crippen LogP contribution is -2.46. The van der Waals surface area contributed by atoms with Gasteiger partial charge in [-0.1, -0.05) is 38.8 Å². The van der Waals surface area contributed by atoms with Crippen LogP contribution in [0.25, 0.3) is 0 Å². The van der Waals surface area contributed by atoms with E-state index in [-0.39, 0.29) is 5.60 Å². The molecule has 32 heavy (non-hydrogen) atoms. The molecule has 1 N–H and O–H groups in total. The van der Waals surface area contributed by atoms with Gasteiger partial charge in [0.25, 0.3) is 0 Å². The highest BCUT2D eigenvalue weighted by Crippen LogP contribution is 2.64. The SMILES string of the molecule is CC.CC1=C2CC3C(CCC4CC(=O)CCC43C)C2CCC2(C1)CC1NCC(C)CC1O2. The van der Waals surface area contributed by atoms with Crippen molar-refractivity contribution in [2.24, 2.45) is 35.0 Å². The van der Waals surface area contributed by atoms with E-state index in [0.717, 1.165) is 49.5 Å². The van der Waals surface area contributed by atoms with Crippen molar-refractivity contribution >= 4 is 5.78 Å². The third-order valence-corrected chi connectivity index (χ3v) is 10.8. The molecule has 0 aromatic rings. The Morgan fingerprint density at radius 1 is 1.09 bits per heavy atom. The van der Waals surface area contributed by atoms with Crippen LogP contribution in [0.15, 0.2) is 11.1 Å². The number of hydrogen-bond donors (Lipinski definition) is 1. The maximum atomic E-state index is 12.1. The molecule has 0 bridgehead atoms. The molecule has 3 heteroatoms. The van der Waals surface area contributed by atoms with Gasteiger partial charge in [-0.25, -0.2) is 0 Å². The largest absolute Gasteiger partial charge is 0.370 e. The zero-order valence-electron chi connectivity index (χ0n) is 21.3. The molecule has 2 heterocycles. The van der Waals surface area contributed by atoms with Crippen LogP contribution in [0.5, 0.6) is 0 Å². The Morgan fingerprint density at radius 2 is 1.91 bits per heavy atom. The number of carbonyl (C=O) groups is 1. The predicted molar refractivity (Wildman–Crippen MR) is 130 cm³/mol. The number of hydrogen-bond acceptors (Lipinski definition) is 3. The van der Waals surface area contributed by atoms with Gasteiger partial charge in [-0.15, -0.1) is 0 Å². The highest BCUT2D eigenvalue weighted by molar-refractivity contribution is 5.79. The van der Waals surface area contributed by atoms with Gasteiger partial charge in [-0.05, 0) is 106 Å². The highest BCUT2D eigenvalue weighted by atomic mass is 16.5. The van der Waals surface area contributed by atoms with Gasteiger partial charge in [0.05, 0.1) is 11.7 Å². The Morgan fingerprint density at radius 3 is 2.72 bits per heavy atom. The molecule has 180 valence electrons. The number of fused-ring (bicyclic) bond motifs is 6. The number of nitrogens with one attached hydrogen (secondary N) is 1. The summed E-state index contributed by atoms with van der Waals surface area (Å²) in [5.41, 5.74) is 4.00. The molecule has 0 aromatic heterocycles. The van der Waals surface area contributed by atoms with Crippen molar-refractivity contribution < 1.29 is 9.53 Å². The molecule has 1 spiro atoms. The predicted octanol–water partition coefficient (Wildman–Crippen LogP) is 6.46. The average molecular weight is 442 g/mol. The molecule has 0 aromatic carbocycles. The van der Waals surface area contributed by atoms with Crippen LogP contribution in [0.2, 0.25) is 0 Å². The van der Waals surface area contributed by atoms with Gasteiger partial charge in [-0.3, -0.25) is 4.79 Å². The van der Waals surface area contributed by atoms with Gasteiger partial charge in [0.1, 0.15) is 5.78 Å². The Kier molecular flexibility index (Phi) is 6.15. The summed E-state index contributed by atoms with van der Waals surface area (Å²) >= 11 is 0. The summed E-state index contributed by atoms with van der Waals surface area (Å²) in [4.78, 5) is 12.1. The molecule has 9 atom stereocenters. The molecular formula is C29H47NO2. The normalized spacial score (nSPS) is 50.0. The second kappa shape index (κ2) is 8.52. The number of Topliss-reactive ketones (excluding diaryl/α,β-unsaturated/α-hetero) is 1. The molecular weight excluding hydrogens is 394 g/mol. The monoisotopic (exact) mass is 441 g/mol. The fourth-order valence-corrected chi connectivity index (χ4v) is 9.23. The van der Waals surface area contributed by atoms with E-state index in [1.165, 1.54) is 51.4 Å². The molecule has 3 saturated carbocycles. The molecule has 6 rings (SSSR count). The van der Waals surface area contributed by atoms with Crippen molar-refractivity contribution in [3.05, 3.63) is 11.1 Å².